The first-order chi connectivity index (χ1) is 9.97. The fourth-order valence-electron chi connectivity index (χ4n) is 2.02. The SMILES string of the molecule is C#CCN(CC)S(=O)(=O)c1ccc(C)c(CNCCC)c1. The van der Waals surface area contributed by atoms with Crippen LogP contribution in [-0.2, 0) is 16.6 Å². The zero-order chi connectivity index (χ0) is 15.9. The van der Waals surface area contributed by atoms with Crippen molar-refractivity contribution in [3.63, 3.8) is 0 Å². The Morgan fingerprint density at radius 1 is 1.33 bits per heavy atom. The number of hydrogen-bond donors (Lipinski definition) is 1. The van der Waals surface area contributed by atoms with Crippen LogP contribution in [0.2, 0.25) is 0 Å². The van der Waals surface area contributed by atoms with Crippen LogP contribution in [0.4, 0.5) is 0 Å². The molecule has 0 amide bonds. The molecule has 0 saturated carbocycles. The van der Waals surface area contributed by atoms with Crippen LogP contribution < -0.4 is 5.32 Å². The van der Waals surface area contributed by atoms with Gasteiger partial charge < -0.3 is 5.32 Å². The molecule has 116 valence electrons. The third-order valence-corrected chi connectivity index (χ3v) is 5.24. The second kappa shape index (κ2) is 8.18. The van der Waals surface area contributed by atoms with E-state index >= 15 is 0 Å². The summed E-state index contributed by atoms with van der Waals surface area (Å²) < 4.78 is 26.4. The van der Waals surface area contributed by atoms with Gasteiger partial charge in [0.05, 0.1) is 11.4 Å². The molecule has 1 aromatic carbocycles. The Morgan fingerprint density at radius 2 is 2.05 bits per heavy atom. The summed E-state index contributed by atoms with van der Waals surface area (Å²) in [6, 6.07) is 5.24. The second-order valence-corrected chi connectivity index (χ2v) is 6.84. The molecule has 5 heteroatoms. The fraction of sp³-hybridized carbons (Fsp3) is 0.500. The van der Waals surface area contributed by atoms with E-state index in [9.17, 15) is 8.42 Å². The highest BCUT2D eigenvalue weighted by atomic mass is 32.2. The summed E-state index contributed by atoms with van der Waals surface area (Å²) in [4.78, 5) is 0.304. The van der Waals surface area contributed by atoms with Gasteiger partial charge in [0.2, 0.25) is 10.0 Å². The van der Waals surface area contributed by atoms with Crippen molar-refractivity contribution in [2.45, 2.75) is 38.6 Å². The van der Waals surface area contributed by atoms with Crippen molar-refractivity contribution >= 4 is 10.0 Å². The third-order valence-electron chi connectivity index (χ3n) is 3.32. The maximum Gasteiger partial charge on any atom is 0.243 e. The molecule has 0 atom stereocenters. The zero-order valence-corrected chi connectivity index (χ0v) is 13.8. The van der Waals surface area contributed by atoms with E-state index in [-0.39, 0.29) is 6.54 Å². The Balaban J connectivity index is 3.07. The number of terminal acetylenes is 1. The molecule has 21 heavy (non-hydrogen) atoms. The van der Waals surface area contributed by atoms with Gasteiger partial charge in [-0.15, -0.1) is 6.42 Å². The fourth-order valence-corrected chi connectivity index (χ4v) is 3.43. The van der Waals surface area contributed by atoms with Crippen LogP contribution in [-0.4, -0.2) is 32.4 Å². The van der Waals surface area contributed by atoms with Crippen molar-refractivity contribution in [2.24, 2.45) is 0 Å². The first-order valence-electron chi connectivity index (χ1n) is 7.21. The van der Waals surface area contributed by atoms with Crippen LogP contribution in [0.25, 0.3) is 0 Å². The molecular formula is C16H24N2O2S. The lowest BCUT2D eigenvalue weighted by atomic mass is 10.1. The molecule has 0 aliphatic heterocycles. The maximum absolute atomic E-state index is 12.6. The van der Waals surface area contributed by atoms with Gasteiger partial charge in [-0.2, -0.15) is 4.31 Å². The average Bonchev–Trinajstić information content (AvgIpc) is 2.46. The van der Waals surface area contributed by atoms with Gasteiger partial charge in [0.1, 0.15) is 0 Å². The normalized spacial score (nSPS) is 11.6. The maximum atomic E-state index is 12.6. The van der Waals surface area contributed by atoms with Crippen molar-refractivity contribution < 1.29 is 8.42 Å². The minimum atomic E-state index is -3.52. The number of nitrogens with zero attached hydrogens (tertiary/aromatic N) is 1. The van der Waals surface area contributed by atoms with Crippen LogP contribution >= 0.6 is 0 Å². The van der Waals surface area contributed by atoms with Gasteiger partial charge in [-0.3, -0.25) is 0 Å². The number of nitrogens with one attached hydrogen (secondary N) is 1. The van der Waals surface area contributed by atoms with Crippen molar-refractivity contribution in [1.82, 2.24) is 9.62 Å². The number of sulfonamides is 1. The molecule has 0 aromatic heterocycles. The second-order valence-electron chi connectivity index (χ2n) is 4.90. The molecule has 0 heterocycles. The molecule has 0 aliphatic carbocycles. The van der Waals surface area contributed by atoms with Gasteiger partial charge in [0.25, 0.3) is 0 Å². The molecule has 0 radical (unpaired) electrons. The van der Waals surface area contributed by atoms with Gasteiger partial charge in [-0.05, 0) is 43.1 Å². The Labute approximate surface area is 128 Å². The van der Waals surface area contributed by atoms with Gasteiger partial charge in [0.15, 0.2) is 0 Å². The predicted molar refractivity (Wildman–Crippen MR) is 86.4 cm³/mol. The van der Waals surface area contributed by atoms with E-state index in [0.29, 0.717) is 18.0 Å². The Morgan fingerprint density at radius 3 is 2.62 bits per heavy atom. The van der Waals surface area contributed by atoms with E-state index in [1.807, 2.05) is 13.0 Å². The van der Waals surface area contributed by atoms with Crippen molar-refractivity contribution in [1.29, 1.82) is 0 Å². The first-order valence-corrected chi connectivity index (χ1v) is 8.65. The van der Waals surface area contributed by atoms with Crippen LogP contribution in [0.3, 0.4) is 0 Å². The third kappa shape index (κ3) is 4.57. The van der Waals surface area contributed by atoms with E-state index in [2.05, 4.69) is 18.2 Å². The van der Waals surface area contributed by atoms with Crippen LogP contribution in [0.15, 0.2) is 23.1 Å². The largest absolute Gasteiger partial charge is 0.313 e. The summed E-state index contributed by atoms with van der Waals surface area (Å²) in [7, 11) is -3.52. The molecule has 1 aromatic rings. The molecule has 0 bridgehead atoms. The van der Waals surface area contributed by atoms with E-state index in [1.54, 1.807) is 19.1 Å². The van der Waals surface area contributed by atoms with Gasteiger partial charge in [-0.1, -0.05) is 25.8 Å². The molecular weight excluding hydrogens is 284 g/mol. The van der Waals surface area contributed by atoms with Crippen LogP contribution in [0.5, 0.6) is 0 Å². The number of aryl methyl sites for hydroxylation is 1. The lowest BCUT2D eigenvalue weighted by Crippen LogP contribution is -2.31. The summed E-state index contributed by atoms with van der Waals surface area (Å²) in [6.45, 7) is 7.91. The van der Waals surface area contributed by atoms with E-state index in [4.69, 9.17) is 6.42 Å². The quantitative estimate of drug-likeness (QED) is 0.591. The van der Waals surface area contributed by atoms with E-state index in [1.165, 1.54) is 4.31 Å². The Bertz CT molecular complexity index is 603. The highest BCUT2D eigenvalue weighted by molar-refractivity contribution is 7.89. The van der Waals surface area contributed by atoms with Crippen molar-refractivity contribution in [3.05, 3.63) is 29.3 Å². The topological polar surface area (TPSA) is 49.4 Å². The summed E-state index contributed by atoms with van der Waals surface area (Å²) in [5.41, 5.74) is 2.08. The number of benzene rings is 1. The van der Waals surface area contributed by atoms with Crippen molar-refractivity contribution in [3.8, 4) is 12.3 Å². The lowest BCUT2D eigenvalue weighted by molar-refractivity contribution is 0.464. The predicted octanol–water partition coefficient (Wildman–Crippen LogP) is 2.14. The highest BCUT2D eigenvalue weighted by Crippen LogP contribution is 2.19. The zero-order valence-electron chi connectivity index (χ0n) is 13.0. The molecule has 0 fully saturated rings. The van der Waals surface area contributed by atoms with Gasteiger partial charge >= 0.3 is 0 Å². The molecule has 0 aliphatic rings. The highest BCUT2D eigenvalue weighted by Gasteiger charge is 2.22. The van der Waals surface area contributed by atoms with E-state index in [0.717, 1.165) is 24.1 Å². The Hall–Kier alpha value is -1.35. The van der Waals surface area contributed by atoms with Gasteiger partial charge in [-0.25, -0.2) is 8.42 Å². The smallest absolute Gasteiger partial charge is 0.243 e. The summed E-state index contributed by atoms with van der Waals surface area (Å²) in [6.07, 6.45) is 6.29. The van der Waals surface area contributed by atoms with Crippen LogP contribution in [0, 0.1) is 19.3 Å². The summed E-state index contributed by atoms with van der Waals surface area (Å²) >= 11 is 0. The van der Waals surface area contributed by atoms with Crippen LogP contribution in [0.1, 0.15) is 31.4 Å². The number of hydrogen-bond acceptors (Lipinski definition) is 3. The standard InChI is InChI=1S/C16H24N2O2S/c1-5-10-17-13-15-12-16(9-8-14(15)4)21(19,20)18(7-3)11-6-2/h2,8-9,12,17H,5,7,10-11,13H2,1,3-4H3. The molecule has 1 rings (SSSR count). The van der Waals surface area contributed by atoms with Gasteiger partial charge in [0, 0.05) is 13.1 Å². The minimum Gasteiger partial charge on any atom is -0.313 e. The Kier molecular flexibility index (Phi) is 6.90. The molecule has 4 nitrogen and oxygen atoms in total. The molecule has 0 spiro atoms. The number of rotatable bonds is 8. The monoisotopic (exact) mass is 308 g/mol. The lowest BCUT2D eigenvalue weighted by Gasteiger charge is -2.19. The molecule has 0 saturated heterocycles. The summed E-state index contributed by atoms with van der Waals surface area (Å²) in [5.74, 6) is 2.40. The molecule has 0 unspecified atom stereocenters. The van der Waals surface area contributed by atoms with Crippen molar-refractivity contribution in [2.75, 3.05) is 19.6 Å². The summed E-state index contributed by atoms with van der Waals surface area (Å²) in [5, 5.41) is 3.30. The van der Waals surface area contributed by atoms with E-state index < -0.39 is 10.0 Å². The average molecular weight is 308 g/mol. The first kappa shape index (κ1) is 17.7. The molecule has 1 N–H and O–H groups in total. The minimum absolute atomic E-state index is 0.0934.